The van der Waals surface area contributed by atoms with Gasteiger partial charge in [0, 0.05) is 11.4 Å². The van der Waals surface area contributed by atoms with Gasteiger partial charge in [-0.3, -0.25) is 4.79 Å². The van der Waals surface area contributed by atoms with Crippen LogP contribution in [-0.4, -0.2) is 46.4 Å². The zero-order chi connectivity index (χ0) is 18.9. The molecule has 0 fully saturated rings. The van der Waals surface area contributed by atoms with Gasteiger partial charge in [-0.25, -0.2) is 4.79 Å². The Morgan fingerprint density at radius 3 is 2.31 bits per heavy atom. The van der Waals surface area contributed by atoms with E-state index in [0.717, 1.165) is 6.42 Å². The molecule has 1 amide bonds. The van der Waals surface area contributed by atoms with E-state index in [4.69, 9.17) is 18.9 Å². The number of thiophene rings is 1. The van der Waals surface area contributed by atoms with Crippen LogP contribution >= 0.6 is 11.3 Å². The molecule has 1 aromatic heterocycles. The number of carbonyl (C=O) groups excluding carboxylic acids is 2. The first kappa shape index (κ1) is 19.6. The van der Waals surface area contributed by atoms with Gasteiger partial charge in [0.25, 0.3) is 5.91 Å². The summed E-state index contributed by atoms with van der Waals surface area (Å²) in [7, 11) is 4.37. The van der Waals surface area contributed by atoms with Gasteiger partial charge < -0.3 is 24.3 Å². The van der Waals surface area contributed by atoms with Gasteiger partial charge >= 0.3 is 5.97 Å². The Hall–Kier alpha value is -2.74. The number of benzene rings is 1. The molecule has 0 unspecified atom stereocenters. The fraction of sp³-hybridized carbons (Fsp3) is 0.333. The van der Waals surface area contributed by atoms with Crippen molar-refractivity contribution in [2.45, 2.75) is 6.42 Å². The molecule has 26 heavy (non-hydrogen) atoms. The normalized spacial score (nSPS) is 10.1. The number of nitrogens with one attached hydrogen (secondary N) is 1. The largest absolute Gasteiger partial charge is 0.493 e. The maximum atomic E-state index is 12.2. The molecule has 0 saturated carbocycles. The van der Waals surface area contributed by atoms with E-state index in [2.05, 4.69) is 5.32 Å². The van der Waals surface area contributed by atoms with Crippen LogP contribution in [0.5, 0.6) is 17.2 Å². The number of ether oxygens (including phenoxy) is 4. The number of hydrogen-bond acceptors (Lipinski definition) is 7. The number of methoxy groups -OCH3 is 3. The summed E-state index contributed by atoms with van der Waals surface area (Å²) in [5, 5.41) is 4.69. The van der Waals surface area contributed by atoms with E-state index >= 15 is 0 Å². The number of rotatable bonds is 9. The van der Waals surface area contributed by atoms with Gasteiger partial charge in [0.1, 0.15) is 0 Å². The minimum Gasteiger partial charge on any atom is -0.493 e. The van der Waals surface area contributed by atoms with Crippen LogP contribution in [0.1, 0.15) is 15.2 Å². The third kappa shape index (κ3) is 5.13. The molecule has 0 aliphatic carbocycles. The van der Waals surface area contributed by atoms with Crippen molar-refractivity contribution in [2.75, 3.05) is 34.5 Å². The van der Waals surface area contributed by atoms with Gasteiger partial charge in [-0.1, -0.05) is 6.07 Å². The van der Waals surface area contributed by atoms with Crippen molar-refractivity contribution in [3.8, 4) is 17.2 Å². The standard InChI is InChI=1S/C18H21NO6S/c1-22-14-9-12(10-15(23-2)17(14)24-3)18(21)25-11-16(20)19-7-6-13-5-4-8-26-13/h4-5,8-10H,6-7,11H2,1-3H3,(H,19,20). The van der Waals surface area contributed by atoms with E-state index in [-0.39, 0.29) is 18.1 Å². The lowest BCUT2D eigenvalue weighted by atomic mass is 10.2. The van der Waals surface area contributed by atoms with E-state index in [9.17, 15) is 9.59 Å². The van der Waals surface area contributed by atoms with Crippen LogP contribution in [0.2, 0.25) is 0 Å². The first-order chi connectivity index (χ1) is 12.6. The van der Waals surface area contributed by atoms with E-state index in [1.807, 2.05) is 17.5 Å². The molecule has 2 rings (SSSR count). The molecule has 0 bridgehead atoms. The van der Waals surface area contributed by atoms with Crippen molar-refractivity contribution in [3.05, 3.63) is 40.1 Å². The summed E-state index contributed by atoms with van der Waals surface area (Å²) in [5.41, 5.74) is 0.200. The van der Waals surface area contributed by atoms with Gasteiger partial charge in [0.15, 0.2) is 18.1 Å². The lowest BCUT2D eigenvalue weighted by Gasteiger charge is -2.13. The fourth-order valence-corrected chi connectivity index (χ4v) is 2.95. The predicted molar refractivity (Wildman–Crippen MR) is 97.4 cm³/mol. The molecule has 1 heterocycles. The molecule has 1 aromatic carbocycles. The third-order valence-corrected chi connectivity index (χ3v) is 4.44. The molecule has 2 aromatic rings. The number of hydrogen-bond donors (Lipinski definition) is 1. The van der Waals surface area contributed by atoms with Crippen LogP contribution < -0.4 is 19.5 Å². The maximum Gasteiger partial charge on any atom is 0.338 e. The second kappa shape index (κ2) is 9.67. The highest BCUT2D eigenvalue weighted by Crippen LogP contribution is 2.38. The zero-order valence-corrected chi connectivity index (χ0v) is 15.7. The van der Waals surface area contributed by atoms with Crippen molar-refractivity contribution >= 4 is 23.2 Å². The van der Waals surface area contributed by atoms with E-state index in [0.29, 0.717) is 23.8 Å². The second-order valence-electron chi connectivity index (χ2n) is 5.17. The summed E-state index contributed by atoms with van der Waals surface area (Å²) in [6.45, 7) is 0.126. The lowest BCUT2D eigenvalue weighted by Crippen LogP contribution is -2.30. The molecule has 0 aliphatic rings. The molecule has 0 atom stereocenters. The van der Waals surface area contributed by atoms with Gasteiger partial charge in [0.05, 0.1) is 26.9 Å². The highest BCUT2D eigenvalue weighted by Gasteiger charge is 2.18. The van der Waals surface area contributed by atoms with E-state index in [1.165, 1.54) is 38.3 Å². The molecule has 7 nitrogen and oxygen atoms in total. The number of amides is 1. The quantitative estimate of drug-likeness (QED) is 0.673. The summed E-state index contributed by atoms with van der Waals surface area (Å²) in [6, 6.07) is 6.90. The van der Waals surface area contributed by atoms with Crippen LogP contribution in [0, 0.1) is 0 Å². The van der Waals surface area contributed by atoms with Crippen molar-refractivity contribution in [1.82, 2.24) is 5.32 Å². The average molecular weight is 379 g/mol. The van der Waals surface area contributed by atoms with Crippen molar-refractivity contribution < 1.29 is 28.5 Å². The highest BCUT2D eigenvalue weighted by atomic mass is 32.1. The van der Waals surface area contributed by atoms with Gasteiger partial charge in [0.2, 0.25) is 5.75 Å². The third-order valence-electron chi connectivity index (χ3n) is 3.51. The van der Waals surface area contributed by atoms with E-state index < -0.39 is 5.97 Å². The molecule has 0 saturated heterocycles. The van der Waals surface area contributed by atoms with E-state index in [1.54, 1.807) is 11.3 Å². The van der Waals surface area contributed by atoms with Gasteiger partial charge in [-0.15, -0.1) is 11.3 Å². The van der Waals surface area contributed by atoms with Crippen LogP contribution in [0.15, 0.2) is 29.6 Å². The topological polar surface area (TPSA) is 83.1 Å². The molecular formula is C18H21NO6S. The Morgan fingerprint density at radius 2 is 1.77 bits per heavy atom. The second-order valence-corrected chi connectivity index (χ2v) is 6.20. The van der Waals surface area contributed by atoms with Crippen LogP contribution in [0.4, 0.5) is 0 Å². The minimum absolute atomic E-state index is 0.200. The van der Waals surface area contributed by atoms with Crippen LogP contribution in [-0.2, 0) is 16.0 Å². The number of esters is 1. The lowest BCUT2D eigenvalue weighted by molar-refractivity contribution is -0.124. The average Bonchev–Trinajstić information content (AvgIpc) is 3.18. The summed E-state index contributed by atoms with van der Waals surface area (Å²) in [6.07, 6.45) is 0.740. The summed E-state index contributed by atoms with van der Waals surface area (Å²) < 4.78 is 20.6. The Kier molecular flexibility index (Phi) is 7.28. The molecule has 0 radical (unpaired) electrons. The smallest absolute Gasteiger partial charge is 0.338 e. The van der Waals surface area contributed by atoms with Gasteiger partial charge in [-0.2, -0.15) is 0 Å². The first-order valence-corrected chi connectivity index (χ1v) is 8.73. The first-order valence-electron chi connectivity index (χ1n) is 7.85. The number of carbonyl (C=O) groups is 2. The molecule has 8 heteroatoms. The van der Waals surface area contributed by atoms with Crippen molar-refractivity contribution in [1.29, 1.82) is 0 Å². The zero-order valence-electron chi connectivity index (χ0n) is 14.9. The molecule has 0 spiro atoms. The van der Waals surface area contributed by atoms with Crippen LogP contribution in [0.3, 0.4) is 0 Å². The minimum atomic E-state index is -0.655. The van der Waals surface area contributed by atoms with Crippen molar-refractivity contribution in [2.24, 2.45) is 0 Å². The fourth-order valence-electron chi connectivity index (χ4n) is 2.24. The Balaban J connectivity index is 1.89. The Morgan fingerprint density at radius 1 is 1.08 bits per heavy atom. The highest BCUT2D eigenvalue weighted by molar-refractivity contribution is 7.09. The summed E-state index contributed by atoms with van der Waals surface area (Å²) in [5.74, 6) is 0.0243. The Bertz CT molecular complexity index is 719. The van der Waals surface area contributed by atoms with Gasteiger partial charge in [-0.05, 0) is 30.0 Å². The maximum absolute atomic E-state index is 12.2. The summed E-state index contributed by atoms with van der Waals surface area (Å²) in [4.78, 5) is 25.2. The molecule has 1 N–H and O–H groups in total. The molecular weight excluding hydrogens is 358 g/mol. The molecule has 0 aliphatic heterocycles. The SMILES string of the molecule is COc1cc(C(=O)OCC(=O)NCCc2cccs2)cc(OC)c1OC. The predicted octanol–water partition coefficient (Wildman–Crippen LogP) is 2.29. The van der Waals surface area contributed by atoms with Crippen LogP contribution in [0.25, 0.3) is 0 Å². The Labute approximate surface area is 155 Å². The monoisotopic (exact) mass is 379 g/mol. The summed E-state index contributed by atoms with van der Waals surface area (Å²) >= 11 is 1.63. The molecule has 140 valence electrons. The van der Waals surface area contributed by atoms with Crippen molar-refractivity contribution in [3.63, 3.8) is 0 Å².